The van der Waals surface area contributed by atoms with Crippen molar-refractivity contribution in [1.82, 2.24) is 0 Å². The summed E-state index contributed by atoms with van der Waals surface area (Å²) in [6.07, 6.45) is 0. The number of phosphoric ester groups is 1. The number of hydrogen-bond donors (Lipinski definition) is 3. The van der Waals surface area contributed by atoms with Crippen LogP contribution in [0.4, 0.5) is 0 Å². The van der Waals surface area contributed by atoms with E-state index >= 15 is 0 Å². The first-order chi connectivity index (χ1) is 10.1. The summed E-state index contributed by atoms with van der Waals surface area (Å²) in [6, 6.07) is 6.94. The fourth-order valence-electron chi connectivity index (χ4n) is 2.72. The summed E-state index contributed by atoms with van der Waals surface area (Å²) in [5.41, 5.74) is 4.30. The molecule has 0 bridgehead atoms. The first kappa shape index (κ1) is 16.6. The average Bonchev–Trinajstić information content (AvgIpc) is 2.28. The molecule has 0 aliphatic heterocycles. The van der Waals surface area contributed by atoms with Crippen molar-refractivity contribution in [2.75, 3.05) is 0 Å². The Balaban J connectivity index is 2.78. The van der Waals surface area contributed by atoms with E-state index in [0.29, 0.717) is 11.1 Å². The average molecular weight is 322 g/mol. The number of hydrogen-bond acceptors (Lipinski definition) is 3. The Morgan fingerprint density at radius 3 is 1.86 bits per heavy atom. The number of phosphoric acid groups is 1. The highest BCUT2D eigenvalue weighted by molar-refractivity contribution is 7.46. The second-order valence-corrected chi connectivity index (χ2v) is 6.68. The predicted molar refractivity (Wildman–Crippen MR) is 85.2 cm³/mol. The molecule has 5 nitrogen and oxygen atoms in total. The van der Waals surface area contributed by atoms with Gasteiger partial charge in [0.15, 0.2) is 0 Å². The molecule has 118 valence electrons. The first-order valence-corrected chi connectivity index (χ1v) is 8.28. The molecule has 0 atom stereocenters. The van der Waals surface area contributed by atoms with Gasteiger partial charge in [-0.2, -0.15) is 0 Å². The van der Waals surface area contributed by atoms with Gasteiger partial charge in [0.25, 0.3) is 0 Å². The molecular weight excluding hydrogens is 303 g/mol. The van der Waals surface area contributed by atoms with E-state index in [-0.39, 0.29) is 11.5 Å². The molecule has 22 heavy (non-hydrogen) atoms. The fraction of sp³-hybridized carbons (Fsp3) is 0.250. The zero-order chi connectivity index (χ0) is 16.7. The molecule has 6 heteroatoms. The fourth-order valence-corrected chi connectivity index (χ4v) is 3.12. The van der Waals surface area contributed by atoms with E-state index in [9.17, 15) is 9.67 Å². The molecule has 3 N–H and O–H groups in total. The van der Waals surface area contributed by atoms with Crippen molar-refractivity contribution in [3.05, 3.63) is 46.5 Å². The molecule has 2 aromatic rings. The molecule has 2 aromatic carbocycles. The number of aryl methyl sites for hydroxylation is 4. The van der Waals surface area contributed by atoms with Crippen LogP contribution in [-0.2, 0) is 4.57 Å². The maximum atomic E-state index is 11.2. The monoisotopic (exact) mass is 322 g/mol. The van der Waals surface area contributed by atoms with E-state index < -0.39 is 7.82 Å². The third-order valence-electron chi connectivity index (χ3n) is 3.37. The van der Waals surface area contributed by atoms with Gasteiger partial charge in [-0.3, -0.25) is 9.79 Å². The smallest absolute Gasteiger partial charge is 0.507 e. The van der Waals surface area contributed by atoms with Gasteiger partial charge in [0.1, 0.15) is 11.5 Å². The molecule has 0 aliphatic carbocycles. The zero-order valence-electron chi connectivity index (χ0n) is 12.9. The van der Waals surface area contributed by atoms with Crippen LogP contribution >= 0.6 is 7.82 Å². The van der Waals surface area contributed by atoms with Gasteiger partial charge in [0.2, 0.25) is 0 Å². The Hall–Kier alpha value is -1.81. The number of phenolic OH excluding ortho intramolecular Hbond substituents is 1. The van der Waals surface area contributed by atoms with Gasteiger partial charge < -0.3 is 9.63 Å². The lowest BCUT2D eigenvalue weighted by atomic mass is 9.92. The summed E-state index contributed by atoms with van der Waals surface area (Å²) >= 11 is 0. The molecular formula is C16H19O5P. The highest BCUT2D eigenvalue weighted by Gasteiger charge is 2.23. The highest BCUT2D eigenvalue weighted by Crippen LogP contribution is 2.47. The van der Waals surface area contributed by atoms with Crippen LogP contribution in [-0.4, -0.2) is 14.9 Å². The lowest BCUT2D eigenvalue weighted by molar-refractivity contribution is 0.283. The Labute approximate surface area is 129 Å². The Morgan fingerprint density at radius 1 is 0.864 bits per heavy atom. The molecule has 0 fully saturated rings. The van der Waals surface area contributed by atoms with Crippen molar-refractivity contribution in [2.24, 2.45) is 0 Å². The normalized spacial score (nSPS) is 11.5. The number of aromatic hydroxyl groups is 1. The molecule has 0 aromatic heterocycles. The van der Waals surface area contributed by atoms with Crippen LogP contribution < -0.4 is 4.52 Å². The van der Waals surface area contributed by atoms with Crippen molar-refractivity contribution in [2.45, 2.75) is 27.7 Å². The van der Waals surface area contributed by atoms with Crippen LogP contribution in [0.15, 0.2) is 24.3 Å². The molecule has 0 spiro atoms. The van der Waals surface area contributed by atoms with E-state index in [1.165, 1.54) is 0 Å². The summed E-state index contributed by atoms with van der Waals surface area (Å²) in [5, 5.41) is 10.3. The van der Waals surface area contributed by atoms with Crippen LogP contribution in [0, 0.1) is 27.7 Å². The van der Waals surface area contributed by atoms with Crippen molar-refractivity contribution in [3.63, 3.8) is 0 Å². The van der Waals surface area contributed by atoms with Gasteiger partial charge in [0.05, 0.1) is 0 Å². The largest absolute Gasteiger partial charge is 0.524 e. The quantitative estimate of drug-likeness (QED) is 0.749. The second-order valence-electron chi connectivity index (χ2n) is 5.51. The summed E-state index contributed by atoms with van der Waals surface area (Å²) in [6.45, 7) is 7.33. The van der Waals surface area contributed by atoms with Gasteiger partial charge in [-0.15, -0.1) is 0 Å². The third-order valence-corrected chi connectivity index (χ3v) is 3.80. The maximum Gasteiger partial charge on any atom is 0.524 e. The Bertz CT molecular complexity index is 753. The SMILES string of the molecule is Cc1cc(C)c(-c2c(C)cc(C)cc2OP(=O)(O)O)c(O)c1. The lowest BCUT2D eigenvalue weighted by Gasteiger charge is -2.18. The number of rotatable bonds is 3. The van der Waals surface area contributed by atoms with E-state index in [1.807, 2.05) is 39.8 Å². The maximum absolute atomic E-state index is 11.2. The highest BCUT2D eigenvalue weighted by atomic mass is 31.2. The summed E-state index contributed by atoms with van der Waals surface area (Å²) in [5.74, 6) is 0.119. The summed E-state index contributed by atoms with van der Waals surface area (Å²) in [7, 11) is -4.70. The molecule has 0 amide bonds. The van der Waals surface area contributed by atoms with Crippen LogP contribution in [0.5, 0.6) is 11.5 Å². The Morgan fingerprint density at radius 2 is 1.36 bits per heavy atom. The van der Waals surface area contributed by atoms with Gasteiger partial charge in [0, 0.05) is 11.1 Å². The lowest BCUT2D eigenvalue weighted by Crippen LogP contribution is -1.98. The van der Waals surface area contributed by atoms with Crippen LogP contribution in [0.3, 0.4) is 0 Å². The molecule has 0 radical (unpaired) electrons. The van der Waals surface area contributed by atoms with Crippen molar-refractivity contribution < 1.29 is 24.0 Å². The minimum absolute atomic E-state index is 0.0556. The first-order valence-electron chi connectivity index (χ1n) is 6.75. The standard InChI is InChI=1S/C16H19O5P/c1-9-5-11(3)15(13(17)7-9)16-12(4)6-10(2)8-14(16)21-22(18,19)20/h5-8,17H,1-4H3,(H2,18,19,20). The van der Waals surface area contributed by atoms with E-state index in [0.717, 1.165) is 22.3 Å². The molecule has 0 unspecified atom stereocenters. The summed E-state index contributed by atoms with van der Waals surface area (Å²) in [4.78, 5) is 18.3. The second kappa shape index (κ2) is 5.76. The molecule has 0 saturated carbocycles. The number of phenols is 1. The molecule has 0 saturated heterocycles. The van der Waals surface area contributed by atoms with E-state index in [2.05, 4.69) is 0 Å². The van der Waals surface area contributed by atoms with Crippen molar-refractivity contribution in [1.29, 1.82) is 0 Å². The molecule has 0 heterocycles. The molecule has 0 aliphatic rings. The summed E-state index contributed by atoms with van der Waals surface area (Å²) < 4.78 is 16.1. The van der Waals surface area contributed by atoms with E-state index in [4.69, 9.17) is 14.3 Å². The van der Waals surface area contributed by atoms with Crippen molar-refractivity contribution >= 4 is 7.82 Å². The third kappa shape index (κ3) is 3.50. The minimum Gasteiger partial charge on any atom is -0.507 e. The van der Waals surface area contributed by atoms with Gasteiger partial charge >= 0.3 is 7.82 Å². The minimum atomic E-state index is -4.70. The van der Waals surface area contributed by atoms with E-state index in [1.54, 1.807) is 12.1 Å². The van der Waals surface area contributed by atoms with Crippen LogP contribution in [0.1, 0.15) is 22.3 Å². The van der Waals surface area contributed by atoms with Gasteiger partial charge in [-0.1, -0.05) is 12.1 Å². The van der Waals surface area contributed by atoms with Crippen molar-refractivity contribution in [3.8, 4) is 22.6 Å². The van der Waals surface area contributed by atoms with Crippen LogP contribution in [0.2, 0.25) is 0 Å². The molecule has 2 rings (SSSR count). The zero-order valence-corrected chi connectivity index (χ0v) is 13.8. The predicted octanol–water partition coefficient (Wildman–Crippen LogP) is 3.76. The van der Waals surface area contributed by atoms with Crippen LogP contribution in [0.25, 0.3) is 11.1 Å². The van der Waals surface area contributed by atoms with Gasteiger partial charge in [-0.25, -0.2) is 4.57 Å². The Kier molecular flexibility index (Phi) is 4.34. The topological polar surface area (TPSA) is 87.0 Å². The number of benzene rings is 2. The van der Waals surface area contributed by atoms with Gasteiger partial charge in [-0.05, 0) is 62.1 Å².